The average molecular weight is 514 g/mol. The van der Waals surface area contributed by atoms with Crippen LogP contribution in [0.1, 0.15) is 71.1 Å². The molecule has 0 aromatic carbocycles. The van der Waals surface area contributed by atoms with Gasteiger partial charge in [-0.1, -0.05) is 68.4 Å². The summed E-state index contributed by atoms with van der Waals surface area (Å²) in [5.74, 6) is -0.0942. The van der Waals surface area contributed by atoms with Crippen molar-refractivity contribution in [1.29, 1.82) is 0 Å². The number of phosphoric ester groups is 1. The maximum absolute atomic E-state index is 11.8. The summed E-state index contributed by atoms with van der Waals surface area (Å²) in [6.45, 7) is 3.05. The van der Waals surface area contributed by atoms with Crippen molar-refractivity contribution in [3.8, 4) is 0 Å². The third-order valence-electron chi connectivity index (χ3n) is 4.93. The van der Waals surface area contributed by atoms with Crippen LogP contribution in [0.15, 0.2) is 48.6 Å². The average Bonchev–Trinajstić information content (AvgIpc) is 2.77. The molecule has 0 saturated carbocycles. The molecule has 0 rings (SSSR count). The molecule has 1 unspecified atom stereocenters. The monoisotopic (exact) mass is 513 g/mol. The SMILES string of the molecule is CCCCC/C=C\C/C=C\C/C=C\C/C=C\CCCC(=O)NCCOP(=O)(O)OCC[N+](C)(C)C. The molecule has 0 heterocycles. The molecular weight excluding hydrogens is 463 g/mol. The van der Waals surface area contributed by atoms with Gasteiger partial charge in [-0.15, -0.1) is 0 Å². The van der Waals surface area contributed by atoms with E-state index < -0.39 is 7.82 Å². The van der Waals surface area contributed by atoms with E-state index in [1.54, 1.807) is 0 Å². The van der Waals surface area contributed by atoms with Crippen LogP contribution < -0.4 is 5.32 Å². The molecule has 7 nitrogen and oxygen atoms in total. The molecule has 0 aromatic rings. The fraction of sp³-hybridized carbons (Fsp3) is 0.667. The third-order valence-corrected chi connectivity index (χ3v) is 5.95. The van der Waals surface area contributed by atoms with Gasteiger partial charge in [-0.05, 0) is 44.9 Å². The van der Waals surface area contributed by atoms with E-state index in [2.05, 4.69) is 60.8 Å². The zero-order valence-corrected chi connectivity index (χ0v) is 23.4. The Bertz CT molecular complexity index is 696. The molecule has 2 N–H and O–H groups in total. The van der Waals surface area contributed by atoms with Gasteiger partial charge in [0.1, 0.15) is 13.2 Å². The topological polar surface area (TPSA) is 84.9 Å². The molecule has 0 bridgehead atoms. The predicted octanol–water partition coefficient (Wildman–Crippen LogP) is 6.09. The standard InChI is InChI=1S/C27H49N2O5P/c1-5-6-7-8-9-10-11-12-13-14-15-16-17-18-19-20-21-22-27(30)28-23-25-33-35(31,32)34-26-24-29(2,3)4/h9-10,12-13,15-16,18-19H,5-8,11,14,17,20-26H2,1-4H3,(H-,28,30,31,32)/p+1/b10-9-,13-12-,16-15-,19-18-. The van der Waals surface area contributed by atoms with E-state index in [-0.39, 0.29) is 25.7 Å². The number of nitrogens with one attached hydrogen (secondary N) is 1. The van der Waals surface area contributed by atoms with Crippen LogP contribution in [-0.4, -0.2) is 62.7 Å². The Labute approximate surface area is 214 Å². The lowest BCUT2D eigenvalue weighted by atomic mass is 10.2. The normalized spacial score (nSPS) is 14.5. The molecular formula is C27H50N2O5P+. The highest BCUT2D eigenvalue weighted by molar-refractivity contribution is 7.47. The molecule has 35 heavy (non-hydrogen) atoms. The Kier molecular flexibility index (Phi) is 20.8. The van der Waals surface area contributed by atoms with E-state index in [0.29, 0.717) is 17.4 Å². The zero-order valence-electron chi connectivity index (χ0n) is 22.5. The van der Waals surface area contributed by atoms with Gasteiger partial charge in [-0.3, -0.25) is 13.8 Å². The molecule has 1 amide bonds. The smallest absolute Gasteiger partial charge is 0.354 e. The first-order valence-electron chi connectivity index (χ1n) is 13.0. The maximum atomic E-state index is 11.8. The molecule has 0 aromatic heterocycles. The lowest BCUT2D eigenvalue weighted by Gasteiger charge is -2.24. The lowest BCUT2D eigenvalue weighted by Crippen LogP contribution is -2.37. The Morgan fingerprint density at radius 2 is 1.34 bits per heavy atom. The van der Waals surface area contributed by atoms with Gasteiger partial charge in [0.15, 0.2) is 0 Å². The second-order valence-corrected chi connectivity index (χ2v) is 10.9. The van der Waals surface area contributed by atoms with Crippen molar-refractivity contribution in [3.63, 3.8) is 0 Å². The molecule has 0 aliphatic heterocycles. The fourth-order valence-corrected chi connectivity index (χ4v) is 3.56. The quantitative estimate of drug-likeness (QED) is 0.0792. The first-order valence-corrected chi connectivity index (χ1v) is 14.4. The first-order chi connectivity index (χ1) is 16.7. The second-order valence-electron chi connectivity index (χ2n) is 9.48. The number of nitrogens with zero attached hydrogens (tertiary/aromatic N) is 1. The molecule has 0 spiro atoms. The highest BCUT2D eigenvalue weighted by Gasteiger charge is 2.22. The van der Waals surface area contributed by atoms with Crippen molar-refractivity contribution in [2.75, 3.05) is 47.4 Å². The number of carbonyl (C=O) groups excluding carboxylic acids is 1. The van der Waals surface area contributed by atoms with Crippen LogP contribution >= 0.6 is 7.82 Å². The van der Waals surface area contributed by atoms with Gasteiger partial charge in [0.25, 0.3) is 0 Å². The number of hydrogen-bond donors (Lipinski definition) is 2. The fourth-order valence-electron chi connectivity index (χ4n) is 2.85. The van der Waals surface area contributed by atoms with Crippen molar-refractivity contribution >= 4 is 13.7 Å². The van der Waals surface area contributed by atoms with Crippen LogP contribution in [0, 0.1) is 0 Å². The summed E-state index contributed by atoms with van der Waals surface area (Å²) in [6.07, 6.45) is 27.4. The number of amides is 1. The number of phosphoric acid groups is 1. The minimum Gasteiger partial charge on any atom is -0.354 e. The highest BCUT2D eigenvalue weighted by Crippen LogP contribution is 2.42. The largest absolute Gasteiger partial charge is 0.472 e. The van der Waals surface area contributed by atoms with E-state index in [0.717, 1.165) is 32.1 Å². The van der Waals surface area contributed by atoms with E-state index >= 15 is 0 Å². The number of allylic oxidation sites excluding steroid dienone is 8. The van der Waals surface area contributed by atoms with Crippen molar-refractivity contribution in [2.24, 2.45) is 0 Å². The number of unbranched alkanes of at least 4 members (excludes halogenated alkanes) is 4. The zero-order chi connectivity index (χ0) is 26.3. The molecule has 0 radical (unpaired) electrons. The Balaban J connectivity index is 3.65. The Morgan fingerprint density at radius 3 is 1.89 bits per heavy atom. The molecule has 0 aliphatic carbocycles. The van der Waals surface area contributed by atoms with Crippen molar-refractivity contribution in [3.05, 3.63) is 48.6 Å². The summed E-state index contributed by atoms with van der Waals surface area (Å²) >= 11 is 0. The summed E-state index contributed by atoms with van der Waals surface area (Å²) in [7, 11) is 1.81. The van der Waals surface area contributed by atoms with Gasteiger partial charge in [0.05, 0.1) is 27.7 Å². The van der Waals surface area contributed by atoms with Gasteiger partial charge < -0.3 is 14.7 Å². The predicted molar refractivity (Wildman–Crippen MR) is 146 cm³/mol. The van der Waals surface area contributed by atoms with E-state index in [9.17, 15) is 14.3 Å². The number of hydrogen-bond acceptors (Lipinski definition) is 4. The van der Waals surface area contributed by atoms with Gasteiger partial charge in [0, 0.05) is 13.0 Å². The highest BCUT2D eigenvalue weighted by atomic mass is 31.2. The van der Waals surface area contributed by atoms with E-state index in [1.165, 1.54) is 25.7 Å². The Morgan fingerprint density at radius 1 is 0.829 bits per heavy atom. The summed E-state index contributed by atoms with van der Waals surface area (Å²) in [5.41, 5.74) is 0. The van der Waals surface area contributed by atoms with Gasteiger partial charge in [-0.2, -0.15) is 0 Å². The van der Waals surface area contributed by atoms with Crippen molar-refractivity contribution < 1.29 is 27.8 Å². The third kappa shape index (κ3) is 26.9. The minimum absolute atomic E-state index is 0.0684. The van der Waals surface area contributed by atoms with Crippen molar-refractivity contribution in [1.82, 2.24) is 5.32 Å². The number of likely N-dealkylation sites (N-methyl/N-ethyl adjacent to an activating group) is 1. The summed E-state index contributed by atoms with van der Waals surface area (Å²) in [6, 6.07) is 0. The molecule has 8 heteroatoms. The Hall–Kier alpha value is -1.50. The van der Waals surface area contributed by atoms with Gasteiger partial charge >= 0.3 is 7.82 Å². The number of rotatable bonds is 22. The van der Waals surface area contributed by atoms with E-state index in [1.807, 2.05) is 21.1 Å². The second kappa shape index (κ2) is 21.8. The van der Waals surface area contributed by atoms with Crippen LogP contribution in [0.3, 0.4) is 0 Å². The lowest BCUT2D eigenvalue weighted by molar-refractivity contribution is -0.870. The van der Waals surface area contributed by atoms with Crippen LogP contribution in [0.2, 0.25) is 0 Å². The van der Waals surface area contributed by atoms with Gasteiger partial charge in [-0.25, -0.2) is 4.57 Å². The van der Waals surface area contributed by atoms with Crippen LogP contribution in [0.25, 0.3) is 0 Å². The number of quaternary nitrogens is 1. The number of carbonyl (C=O) groups is 1. The van der Waals surface area contributed by atoms with Crippen LogP contribution in [0.5, 0.6) is 0 Å². The maximum Gasteiger partial charge on any atom is 0.472 e. The molecule has 0 saturated heterocycles. The van der Waals surface area contributed by atoms with Gasteiger partial charge in [0.2, 0.25) is 5.91 Å². The van der Waals surface area contributed by atoms with Crippen LogP contribution in [0.4, 0.5) is 0 Å². The molecule has 0 aliphatic rings. The molecule has 1 atom stereocenters. The molecule has 0 fully saturated rings. The van der Waals surface area contributed by atoms with Crippen molar-refractivity contribution in [2.45, 2.75) is 71.1 Å². The molecule has 202 valence electrons. The van der Waals surface area contributed by atoms with E-state index in [4.69, 9.17) is 9.05 Å². The van der Waals surface area contributed by atoms with Crippen LogP contribution in [-0.2, 0) is 18.4 Å². The summed E-state index contributed by atoms with van der Waals surface area (Å²) in [5, 5.41) is 2.69. The minimum atomic E-state index is -4.08. The summed E-state index contributed by atoms with van der Waals surface area (Å²) < 4.78 is 22.2. The first kappa shape index (κ1) is 33.5. The summed E-state index contributed by atoms with van der Waals surface area (Å²) in [4.78, 5) is 21.4.